The Bertz CT molecular complexity index is 580. The Labute approximate surface area is 127 Å². The van der Waals surface area contributed by atoms with Crippen LogP contribution < -0.4 is 5.32 Å². The highest BCUT2D eigenvalue weighted by atomic mass is 19.1. The minimum Gasteiger partial charge on any atom is -0.339 e. The van der Waals surface area contributed by atoms with Crippen molar-refractivity contribution in [3.05, 3.63) is 29.8 Å². The number of halogens is 2. The van der Waals surface area contributed by atoms with Gasteiger partial charge < -0.3 is 10.2 Å². The van der Waals surface area contributed by atoms with Crippen molar-refractivity contribution in [2.75, 3.05) is 11.9 Å². The number of amides is 2. The lowest BCUT2D eigenvalue weighted by Gasteiger charge is -2.23. The van der Waals surface area contributed by atoms with Gasteiger partial charge in [-0.1, -0.05) is 12.8 Å². The Morgan fingerprint density at radius 2 is 1.77 bits per heavy atom. The number of hydrogen-bond donors (Lipinski definition) is 1. The predicted octanol–water partition coefficient (Wildman–Crippen LogP) is 2.69. The number of nitrogens with one attached hydrogen (secondary N) is 1. The molecule has 6 heteroatoms. The summed E-state index contributed by atoms with van der Waals surface area (Å²) in [5.41, 5.74) is 0.0780. The highest BCUT2D eigenvalue weighted by Crippen LogP contribution is 2.30. The molecule has 22 heavy (non-hydrogen) atoms. The maximum absolute atomic E-state index is 13.1. The number of likely N-dealkylation sites (tertiary alicyclic amines) is 1. The van der Waals surface area contributed by atoms with Crippen LogP contribution in [0.15, 0.2) is 18.2 Å². The van der Waals surface area contributed by atoms with Gasteiger partial charge in [0, 0.05) is 30.8 Å². The smallest absolute Gasteiger partial charge is 0.229 e. The summed E-state index contributed by atoms with van der Waals surface area (Å²) in [6, 6.07) is 3.12. The second kappa shape index (κ2) is 6.02. The minimum atomic E-state index is -0.745. The first-order valence-corrected chi connectivity index (χ1v) is 7.59. The van der Waals surface area contributed by atoms with E-state index in [0.717, 1.165) is 43.9 Å². The lowest BCUT2D eigenvalue weighted by atomic mass is 10.1. The monoisotopic (exact) mass is 308 g/mol. The summed E-state index contributed by atoms with van der Waals surface area (Å²) in [5.74, 6) is -2.31. The van der Waals surface area contributed by atoms with Crippen LogP contribution in [-0.4, -0.2) is 29.3 Å². The van der Waals surface area contributed by atoms with Crippen LogP contribution in [0.3, 0.4) is 0 Å². The summed E-state index contributed by atoms with van der Waals surface area (Å²) in [7, 11) is 0. The first-order chi connectivity index (χ1) is 10.5. The van der Waals surface area contributed by atoms with Gasteiger partial charge in [-0.2, -0.15) is 0 Å². The molecule has 0 radical (unpaired) electrons. The quantitative estimate of drug-likeness (QED) is 0.933. The van der Waals surface area contributed by atoms with Crippen molar-refractivity contribution in [3.63, 3.8) is 0 Å². The molecule has 1 saturated carbocycles. The lowest BCUT2D eigenvalue weighted by Crippen LogP contribution is -2.35. The van der Waals surface area contributed by atoms with Gasteiger partial charge in [0.1, 0.15) is 11.6 Å². The normalized spacial score (nSPS) is 22.4. The van der Waals surface area contributed by atoms with Gasteiger partial charge in [0.05, 0.1) is 5.92 Å². The van der Waals surface area contributed by atoms with Gasteiger partial charge in [0.2, 0.25) is 11.8 Å². The molecule has 1 saturated heterocycles. The summed E-state index contributed by atoms with van der Waals surface area (Å²) < 4.78 is 26.3. The molecule has 2 fully saturated rings. The zero-order chi connectivity index (χ0) is 15.7. The summed E-state index contributed by atoms with van der Waals surface area (Å²) in [6.07, 6.45) is 4.40. The third-order valence-electron chi connectivity index (χ3n) is 4.42. The average molecular weight is 308 g/mol. The Morgan fingerprint density at radius 3 is 2.41 bits per heavy atom. The molecule has 1 aliphatic carbocycles. The molecule has 118 valence electrons. The topological polar surface area (TPSA) is 49.4 Å². The summed E-state index contributed by atoms with van der Waals surface area (Å²) in [6.45, 7) is 0.396. The molecule has 0 aromatic heterocycles. The molecule has 2 amide bonds. The third-order valence-corrected chi connectivity index (χ3v) is 4.42. The maximum atomic E-state index is 13.1. The number of hydrogen-bond acceptors (Lipinski definition) is 2. The molecular weight excluding hydrogens is 290 g/mol. The molecule has 4 nitrogen and oxygen atoms in total. The predicted molar refractivity (Wildman–Crippen MR) is 77.1 cm³/mol. The summed E-state index contributed by atoms with van der Waals surface area (Å²) in [4.78, 5) is 26.1. The van der Waals surface area contributed by atoms with Crippen LogP contribution in [-0.2, 0) is 9.59 Å². The average Bonchev–Trinajstić information content (AvgIpc) is 3.06. The van der Waals surface area contributed by atoms with E-state index in [-0.39, 0.29) is 30.0 Å². The van der Waals surface area contributed by atoms with Gasteiger partial charge in [-0.05, 0) is 25.0 Å². The van der Waals surface area contributed by atoms with Gasteiger partial charge >= 0.3 is 0 Å². The number of nitrogens with zero attached hydrogens (tertiary/aromatic N) is 1. The Kier molecular flexibility index (Phi) is 4.09. The van der Waals surface area contributed by atoms with Crippen molar-refractivity contribution >= 4 is 17.5 Å². The second-order valence-electron chi connectivity index (χ2n) is 6.03. The largest absolute Gasteiger partial charge is 0.339 e. The Morgan fingerprint density at radius 1 is 1.14 bits per heavy atom. The highest BCUT2D eigenvalue weighted by molar-refractivity contribution is 5.97. The fourth-order valence-corrected chi connectivity index (χ4v) is 3.35. The van der Waals surface area contributed by atoms with Crippen molar-refractivity contribution in [3.8, 4) is 0 Å². The zero-order valence-corrected chi connectivity index (χ0v) is 12.1. The van der Waals surface area contributed by atoms with Gasteiger partial charge in [-0.25, -0.2) is 8.78 Å². The first kappa shape index (κ1) is 14.9. The molecule has 1 unspecified atom stereocenters. The molecule has 1 N–H and O–H groups in total. The van der Waals surface area contributed by atoms with Crippen LogP contribution in [0, 0.1) is 17.6 Å². The van der Waals surface area contributed by atoms with E-state index in [0.29, 0.717) is 6.54 Å². The summed E-state index contributed by atoms with van der Waals surface area (Å²) in [5, 5.41) is 2.50. The molecular formula is C16H18F2N2O2. The molecule has 1 heterocycles. The van der Waals surface area contributed by atoms with E-state index < -0.39 is 17.6 Å². The van der Waals surface area contributed by atoms with Crippen LogP contribution in [0.4, 0.5) is 14.5 Å². The van der Waals surface area contributed by atoms with E-state index in [1.807, 2.05) is 0 Å². The van der Waals surface area contributed by atoms with Crippen molar-refractivity contribution in [2.24, 2.45) is 5.92 Å². The van der Waals surface area contributed by atoms with E-state index in [1.165, 1.54) is 0 Å². The van der Waals surface area contributed by atoms with Crippen molar-refractivity contribution < 1.29 is 18.4 Å². The third kappa shape index (κ3) is 3.10. The fourth-order valence-electron chi connectivity index (χ4n) is 3.35. The zero-order valence-electron chi connectivity index (χ0n) is 12.1. The SMILES string of the molecule is O=C(Nc1cc(F)cc(F)c1)C1CC(=O)N(C2CCCC2)C1. The van der Waals surface area contributed by atoms with E-state index in [4.69, 9.17) is 0 Å². The molecule has 1 aromatic carbocycles. The van der Waals surface area contributed by atoms with E-state index in [1.54, 1.807) is 4.90 Å². The lowest BCUT2D eigenvalue weighted by molar-refractivity contribution is -0.129. The van der Waals surface area contributed by atoms with E-state index in [2.05, 4.69) is 5.32 Å². The molecule has 3 rings (SSSR count). The number of carbonyl (C=O) groups excluding carboxylic acids is 2. The Balaban J connectivity index is 1.64. The van der Waals surface area contributed by atoms with Crippen LogP contribution >= 0.6 is 0 Å². The minimum absolute atomic E-state index is 0.00234. The van der Waals surface area contributed by atoms with Crippen LogP contribution in [0.1, 0.15) is 32.1 Å². The first-order valence-electron chi connectivity index (χ1n) is 7.59. The molecule has 1 aromatic rings. The Hall–Kier alpha value is -1.98. The van der Waals surface area contributed by atoms with Gasteiger partial charge in [0.25, 0.3) is 0 Å². The van der Waals surface area contributed by atoms with E-state index in [9.17, 15) is 18.4 Å². The van der Waals surface area contributed by atoms with Crippen molar-refractivity contribution in [2.45, 2.75) is 38.1 Å². The van der Waals surface area contributed by atoms with Gasteiger partial charge in [0.15, 0.2) is 0 Å². The standard InChI is InChI=1S/C16H18F2N2O2/c17-11-6-12(18)8-13(7-11)19-16(22)10-5-15(21)20(9-10)14-3-1-2-4-14/h6-8,10,14H,1-5,9H2,(H,19,22). The highest BCUT2D eigenvalue weighted by Gasteiger charge is 2.38. The second-order valence-corrected chi connectivity index (χ2v) is 6.03. The molecule has 0 spiro atoms. The molecule has 0 bridgehead atoms. The van der Waals surface area contributed by atoms with E-state index >= 15 is 0 Å². The van der Waals surface area contributed by atoms with Crippen LogP contribution in [0.25, 0.3) is 0 Å². The van der Waals surface area contributed by atoms with Crippen LogP contribution in [0.5, 0.6) is 0 Å². The van der Waals surface area contributed by atoms with Crippen LogP contribution in [0.2, 0.25) is 0 Å². The van der Waals surface area contributed by atoms with Gasteiger partial charge in [-0.15, -0.1) is 0 Å². The fraction of sp³-hybridized carbons (Fsp3) is 0.500. The molecule has 1 atom stereocenters. The maximum Gasteiger partial charge on any atom is 0.229 e. The molecule has 1 aliphatic heterocycles. The van der Waals surface area contributed by atoms with Gasteiger partial charge in [-0.3, -0.25) is 9.59 Å². The summed E-state index contributed by atoms with van der Waals surface area (Å²) >= 11 is 0. The van der Waals surface area contributed by atoms with Crippen molar-refractivity contribution in [1.29, 1.82) is 0 Å². The molecule has 2 aliphatic rings. The number of rotatable bonds is 3. The number of anilines is 1. The number of carbonyl (C=O) groups is 2. The number of benzene rings is 1. The van der Waals surface area contributed by atoms with Crippen molar-refractivity contribution in [1.82, 2.24) is 4.90 Å².